The Hall–Kier alpha value is -3.66. The maximum absolute atomic E-state index is 13.0. The lowest BCUT2D eigenvalue weighted by molar-refractivity contribution is 0.307. The van der Waals surface area contributed by atoms with Crippen molar-refractivity contribution in [2.75, 3.05) is 6.61 Å². The van der Waals surface area contributed by atoms with Crippen molar-refractivity contribution in [3.8, 4) is 11.5 Å². The first-order chi connectivity index (χ1) is 15.7. The van der Waals surface area contributed by atoms with Gasteiger partial charge in [-0.15, -0.1) is 0 Å². The lowest BCUT2D eigenvalue weighted by Gasteiger charge is -2.14. The van der Waals surface area contributed by atoms with Crippen LogP contribution in [0.4, 0.5) is 4.39 Å². The number of allylic oxidation sites excluding steroid dienone is 1. The molecule has 32 heavy (non-hydrogen) atoms. The van der Waals surface area contributed by atoms with Crippen LogP contribution in [0.3, 0.4) is 0 Å². The van der Waals surface area contributed by atoms with E-state index in [-0.39, 0.29) is 5.82 Å². The molecule has 0 atom stereocenters. The molecule has 0 radical (unpaired) electrons. The number of nitrogens with zero attached hydrogens (tertiary/aromatic N) is 1. The first-order valence-electron chi connectivity index (χ1n) is 10.8. The summed E-state index contributed by atoms with van der Waals surface area (Å²) in [6.45, 7) is 3.14. The molecule has 0 spiro atoms. The third-order valence-electron chi connectivity index (χ3n) is 5.21. The molecule has 0 bridgehead atoms. The number of ether oxygens (including phenoxy) is 2. The quantitative estimate of drug-likeness (QED) is 0.266. The fourth-order valence-corrected chi connectivity index (χ4v) is 3.49. The molecule has 0 aliphatic heterocycles. The van der Waals surface area contributed by atoms with Gasteiger partial charge in [0.2, 0.25) is 0 Å². The van der Waals surface area contributed by atoms with Gasteiger partial charge in [0, 0.05) is 10.9 Å². The molecule has 0 saturated heterocycles. The van der Waals surface area contributed by atoms with E-state index in [4.69, 9.17) is 14.5 Å². The Bertz CT molecular complexity index is 1190. The highest BCUT2D eigenvalue weighted by molar-refractivity contribution is 5.88. The van der Waals surface area contributed by atoms with Crippen LogP contribution in [0.25, 0.3) is 17.0 Å². The number of benzene rings is 3. The predicted molar refractivity (Wildman–Crippen MR) is 127 cm³/mol. The van der Waals surface area contributed by atoms with Crippen molar-refractivity contribution >= 4 is 17.0 Å². The Balaban J connectivity index is 1.42. The van der Waals surface area contributed by atoms with Crippen molar-refractivity contribution in [1.82, 2.24) is 4.98 Å². The van der Waals surface area contributed by atoms with Crippen molar-refractivity contribution in [1.29, 1.82) is 0 Å². The number of unbranched alkanes of at least 4 members (excludes halogenated alkanes) is 1. The summed E-state index contributed by atoms with van der Waals surface area (Å²) in [5.41, 5.74) is 3.98. The molecule has 0 amide bonds. The summed E-state index contributed by atoms with van der Waals surface area (Å²) in [5, 5.41) is 1.02. The molecule has 4 aromatic rings. The number of para-hydroxylation sites is 1. The minimum atomic E-state index is -0.259. The standard InChI is InChI=1S/C28H26FNO2/c1-21-26(13-6-3-9-19-31-24-17-15-23(29)16-18-24)30-27-14-8-7-12-25(27)28(21)32-20-22-10-4-2-5-11-22/h2,4-8,10-18H,3,9,19-20H2,1H3. The van der Waals surface area contributed by atoms with E-state index in [2.05, 4.69) is 37.3 Å². The van der Waals surface area contributed by atoms with E-state index < -0.39 is 0 Å². The second-order valence-corrected chi connectivity index (χ2v) is 7.59. The van der Waals surface area contributed by atoms with Crippen LogP contribution < -0.4 is 9.47 Å². The van der Waals surface area contributed by atoms with E-state index in [0.717, 1.165) is 46.3 Å². The van der Waals surface area contributed by atoms with Gasteiger partial charge >= 0.3 is 0 Å². The molecular formula is C28H26FNO2. The Morgan fingerprint density at radius 1 is 0.875 bits per heavy atom. The highest BCUT2D eigenvalue weighted by Gasteiger charge is 2.11. The number of halogens is 1. The van der Waals surface area contributed by atoms with Crippen molar-refractivity contribution in [2.24, 2.45) is 0 Å². The average molecular weight is 428 g/mol. The van der Waals surface area contributed by atoms with Gasteiger partial charge in [-0.1, -0.05) is 48.5 Å². The minimum absolute atomic E-state index is 0.259. The SMILES string of the molecule is Cc1c(C=CCCCOc2ccc(F)cc2)nc2ccccc2c1OCc1ccccc1. The zero-order valence-electron chi connectivity index (χ0n) is 18.1. The zero-order chi connectivity index (χ0) is 22.2. The van der Waals surface area contributed by atoms with Crippen LogP contribution in [0, 0.1) is 12.7 Å². The van der Waals surface area contributed by atoms with Gasteiger partial charge < -0.3 is 9.47 Å². The number of rotatable bonds is 9. The molecule has 4 heteroatoms. The molecule has 0 unspecified atom stereocenters. The summed E-state index contributed by atoms with van der Waals surface area (Å²) >= 11 is 0. The maximum atomic E-state index is 13.0. The van der Waals surface area contributed by atoms with Crippen molar-refractivity contribution in [2.45, 2.75) is 26.4 Å². The van der Waals surface area contributed by atoms with Crippen molar-refractivity contribution in [3.05, 3.63) is 108 Å². The summed E-state index contributed by atoms with van der Waals surface area (Å²) in [6, 6.07) is 24.3. The third kappa shape index (κ3) is 5.52. The molecule has 162 valence electrons. The number of fused-ring (bicyclic) bond motifs is 1. The van der Waals surface area contributed by atoms with Gasteiger partial charge in [0.15, 0.2) is 0 Å². The Labute approximate surface area is 188 Å². The van der Waals surface area contributed by atoms with Crippen LogP contribution in [0.1, 0.15) is 29.7 Å². The Morgan fingerprint density at radius 2 is 1.62 bits per heavy atom. The van der Waals surface area contributed by atoms with Crippen LogP contribution in [-0.4, -0.2) is 11.6 Å². The minimum Gasteiger partial charge on any atom is -0.494 e. The summed E-state index contributed by atoms with van der Waals surface area (Å²) in [7, 11) is 0. The van der Waals surface area contributed by atoms with Gasteiger partial charge in [-0.05, 0) is 67.8 Å². The molecule has 0 fully saturated rings. The number of pyridine rings is 1. The average Bonchev–Trinajstić information content (AvgIpc) is 2.83. The van der Waals surface area contributed by atoms with Crippen LogP contribution in [-0.2, 0) is 6.61 Å². The molecule has 3 nitrogen and oxygen atoms in total. The van der Waals surface area contributed by atoms with Crippen molar-refractivity contribution < 1.29 is 13.9 Å². The third-order valence-corrected chi connectivity index (χ3v) is 5.21. The zero-order valence-corrected chi connectivity index (χ0v) is 18.1. The van der Waals surface area contributed by atoms with Crippen molar-refractivity contribution in [3.63, 3.8) is 0 Å². The van der Waals surface area contributed by atoms with E-state index >= 15 is 0 Å². The lowest BCUT2D eigenvalue weighted by Crippen LogP contribution is -2.01. The second-order valence-electron chi connectivity index (χ2n) is 7.59. The van der Waals surface area contributed by atoms with Gasteiger partial charge in [0.25, 0.3) is 0 Å². The molecule has 4 rings (SSSR count). The number of hydrogen-bond acceptors (Lipinski definition) is 3. The van der Waals surface area contributed by atoms with Gasteiger partial charge in [-0.2, -0.15) is 0 Å². The molecule has 0 N–H and O–H groups in total. The summed E-state index contributed by atoms with van der Waals surface area (Å²) < 4.78 is 24.9. The topological polar surface area (TPSA) is 31.4 Å². The number of hydrogen-bond donors (Lipinski definition) is 0. The molecule has 0 aliphatic carbocycles. The Kier molecular flexibility index (Phi) is 7.13. The first-order valence-corrected chi connectivity index (χ1v) is 10.8. The summed E-state index contributed by atoms with van der Waals surface area (Å²) in [4.78, 5) is 4.83. The first kappa shape index (κ1) is 21.6. The van der Waals surface area contributed by atoms with Gasteiger partial charge in [-0.3, -0.25) is 0 Å². The van der Waals surface area contributed by atoms with Crippen LogP contribution >= 0.6 is 0 Å². The highest BCUT2D eigenvalue weighted by atomic mass is 19.1. The molecule has 1 aromatic heterocycles. The van der Waals surface area contributed by atoms with E-state index in [1.165, 1.54) is 12.1 Å². The van der Waals surface area contributed by atoms with E-state index in [0.29, 0.717) is 19.0 Å². The fraction of sp³-hybridized carbons (Fsp3) is 0.179. The van der Waals surface area contributed by atoms with E-state index in [1.807, 2.05) is 36.4 Å². The largest absolute Gasteiger partial charge is 0.494 e. The normalized spacial score (nSPS) is 11.2. The monoisotopic (exact) mass is 427 g/mol. The number of aromatic nitrogens is 1. The summed E-state index contributed by atoms with van der Waals surface area (Å²) in [6.07, 6.45) is 5.88. The lowest BCUT2D eigenvalue weighted by atomic mass is 10.1. The van der Waals surface area contributed by atoms with Gasteiger partial charge in [0.05, 0.1) is 17.8 Å². The molecule has 1 heterocycles. The summed E-state index contributed by atoms with van der Waals surface area (Å²) in [5.74, 6) is 1.30. The highest BCUT2D eigenvalue weighted by Crippen LogP contribution is 2.31. The fourth-order valence-electron chi connectivity index (χ4n) is 3.49. The smallest absolute Gasteiger partial charge is 0.134 e. The second kappa shape index (κ2) is 10.6. The molecular weight excluding hydrogens is 401 g/mol. The predicted octanol–water partition coefficient (Wildman–Crippen LogP) is 7.13. The molecule has 0 saturated carbocycles. The van der Waals surface area contributed by atoms with Gasteiger partial charge in [-0.25, -0.2) is 9.37 Å². The molecule has 0 aliphatic rings. The van der Waals surface area contributed by atoms with E-state index in [9.17, 15) is 4.39 Å². The van der Waals surface area contributed by atoms with E-state index in [1.54, 1.807) is 12.1 Å². The maximum Gasteiger partial charge on any atom is 0.134 e. The van der Waals surface area contributed by atoms with Crippen LogP contribution in [0.2, 0.25) is 0 Å². The van der Waals surface area contributed by atoms with Crippen LogP contribution in [0.15, 0.2) is 84.9 Å². The Morgan fingerprint density at radius 3 is 2.44 bits per heavy atom. The van der Waals surface area contributed by atoms with Gasteiger partial charge in [0.1, 0.15) is 23.9 Å². The molecule has 3 aromatic carbocycles. The van der Waals surface area contributed by atoms with Crippen LogP contribution in [0.5, 0.6) is 11.5 Å².